The van der Waals surface area contributed by atoms with E-state index in [-0.39, 0.29) is 34.1 Å². The van der Waals surface area contributed by atoms with E-state index in [2.05, 4.69) is 21.5 Å². The molecule has 32 heavy (non-hydrogen) atoms. The zero-order valence-corrected chi connectivity index (χ0v) is 19.1. The summed E-state index contributed by atoms with van der Waals surface area (Å²) in [5, 5.41) is 7.85. The molecule has 164 valence electrons. The lowest BCUT2D eigenvalue weighted by atomic mass is 10.1. The average Bonchev–Trinajstić information content (AvgIpc) is 3.37. The van der Waals surface area contributed by atoms with Crippen LogP contribution in [0, 0.1) is 6.92 Å². The van der Waals surface area contributed by atoms with E-state index < -0.39 is 5.91 Å². The molecular weight excluding hydrogens is 475 g/mol. The van der Waals surface area contributed by atoms with Gasteiger partial charge in [0, 0.05) is 5.02 Å². The third-order valence-corrected chi connectivity index (χ3v) is 5.18. The topological polar surface area (TPSA) is 82.2 Å². The van der Waals surface area contributed by atoms with E-state index in [0.717, 1.165) is 11.1 Å². The van der Waals surface area contributed by atoms with Crippen LogP contribution in [0.5, 0.6) is 5.75 Å². The molecule has 0 radical (unpaired) electrons. The zero-order valence-electron chi connectivity index (χ0n) is 16.8. The summed E-state index contributed by atoms with van der Waals surface area (Å²) < 4.78 is 12.8. The molecule has 1 amide bonds. The number of nitrogens with one attached hydrogen (secondary N) is 1. The maximum absolute atomic E-state index is 12.5. The molecular formula is C22H17Cl3N4O3. The molecule has 2 aromatic carbocycles. The Balaban J connectivity index is 1.36. The Morgan fingerprint density at radius 2 is 1.91 bits per heavy atom. The van der Waals surface area contributed by atoms with E-state index in [1.807, 2.05) is 25.1 Å². The molecule has 0 spiro atoms. The fourth-order valence-electron chi connectivity index (χ4n) is 2.98. The van der Waals surface area contributed by atoms with Crippen LogP contribution in [0.4, 0.5) is 5.95 Å². The van der Waals surface area contributed by atoms with E-state index >= 15 is 0 Å². The fourth-order valence-corrected chi connectivity index (χ4v) is 3.90. The van der Waals surface area contributed by atoms with Crippen LogP contribution in [0.2, 0.25) is 15.1 Å². The summed E-state index contributed by atoms with van der Waals surface area (Å²) in [5.41, 5.74) is 2.25. The third kappa shape index (κ3) is 5.43. The fraction of sp³-hybridized carbons (Fsp3) is 0.136. The number of aromatic nitrogens is 3. The van der Waals surface area contributed by atoms with Crippen LogP contribution < -0.4 is 10.1 Å². The summed E-state index contributed by atoms with van der Waals surface area (Å²) >= 11 is 18.1. The highest BCUT2D eigenvalue weighted by molar-refractivity contribution is 6.40. The largest absolute Gasteiger partial charge is 0.483 e. The molecule has 0 saturated carbocycles. The highest BCUT2D eigenvalue weighted by atomic mass is 35.5. The maximum Gasteiger partial charge on any atom is 0.293 e. The normalized spacial score (nSPS) is 10.9. The van der Waals surface area contributed by atoms with E-state index in [1.54, 1.807) is 17.1 Å². The minimum atomic E-state index is -0.480. The van der Waals surface area contributed by atoms with Gasteiger partial charge in [0.1, 0.15) is 18.7 Å². The molecule has 2 heterocycles. The van der Waals surface area contributed by atoms with Crippen LogP contribution in [0.3, 0.4) is 0 Å². The second-order valence-electron chi connectivity index (χ2n) is 6.96. The Kier molecular flexibility index (Phi) is 6.69. The molecule has 0 atom stereocenters. The predicted molar refractivity (Wildman–Crippen MR) is 123 cm³/mol. The van der Waals surface area contributed by atoms with Crippen molar-refractivity contribution in [2.75, 3.05) is 5.32 Å². The van der Waals surface area contributed by atoms with Gasteiger partial charge in [-0.05, 0) is 36.8 Å². The van der Waals surface area contributed by atoms with Crippen LogP contribution in [0.25, 0.3) is 0 Å². The first-order valence-corrected chi connectivity index (χ1v) is 10.6. The van der Waals surface area contributed by atoms with Gasteiger partial charge in [0.2, 0.25) is 5.95 Å². The Bertz CT molecular complexity index is 1250. The lowest BCUT2D eigenvalue weighted by Crippen LogP contribution is -2.12. The molecule has 0 aliphatic heterocycles. The smallest absolute Gasteiger partial charge is 0.293 e. The number of carbonyl (C=O) groups is 1. The molecule has 10 heteroatoms. The minimum absolute atomic E-state index is 0.0255. The van der Waals surface area contributed by atoms with Crippen LogP contribution >= 0.6 is 34.8 Å². The molecule has 0 fully saturated rings. The molecule has 2 aromatic heterocycles. The van der Waals surface area contributed by atoms with Gasteiger partial charge in [-0.1, -0.05) is 64.6 Å². The highest BCUT2D eigenvalue weighted by Gasteiger charge is 2.15. The van der Waals surface area contributed by atoms with Crippen molar-refractivity contribution >= 4 is 46.7 Å². The first kappa shape index (κ1) is 22.2. The number of benzene rings is 2. The van der Waals surface area contributed by atoms with Crippen molar-refractivity contribution in [3.8, 4) is 5.75 Å². The van der Waals surface area contributed by atoms with Crippen LogP contribution in [0.1, 0.15) is 27.4 Å². The number of aryl methyl sites for hydroxylation is 1. The van der Waals surface area contributed by atoms with E-state index in [1.165, 1.54) is 18.2 Å². The number of ether oxygens (including phenoxy) is 1. The van der Waals surface area contributed by atoms with Crippen molar-refractivity contribution in [1.82, 2.24) is 14.8 Å². The molecule has 1 N–H and O–H groups in total. The molecule has 0 bridgehead atoms. The first-order valence-electron chi connectivity index (χ1n) is 9.50. The van der Waals surface area contributed by atoms with E-state index in [9.17, 15) is 4.79 Å². The molecule has 0 aliphatic carbocycles. The first-order chi connectivity index (χ1) is 15.4. The van der Waals surface area contributed by atoms with Gasteiger partial charge in [-0.25, -0.2) is 9.67 Å². The van der Waals surface area contributed by atoms with Gasteiger partial charge >= 0.3 is 0 Å². The summed E-state index contributed by atoms with van der Waals surface area (Å²) in [6.07, 6.45) is 1.55. The SMILES string of the molecule is Cc1cccc(Cn2cnc(NC(=O)c3ccc(COc4c(Cl)cc(Cl)cc4Cl)o3)n2)c1. The monoisotopic (exact) mass is 490 g/mol. The van der Waals surface area contributed by atoms with Gasteiger partial charge in [0.15, 0.2) is 11.5 Å². The Morgan fingerprint density at radius 3 is 2.66 bits per heavy atom. The maximum atomic E-state index is 12.5. The van der Waals surface area contributed by atoms with E-state index in [4.69, 9.17) is 44.0 Å². The van der Waals surface area contributed by atoms with Crippen molar-refractivity contribution < 1.29 is 13.9 Å². The highest BCUT2D eigenvalue weighted by Crippen LogP contribution is 2.36. The summed E-state index contributed by atoms with van der Waals surface area (Å²) in [4.78, 5) is 16.6. The second-order valence-corrected chi connectivity index (χ2v) is 8.21. The lowest BCUT2D eigenvalue weighted by molar-refractivity contribution is 0.0991. The number of amides is 1. The summed E-state index contributed by atoms with van der Waals surface area (Å²) in [5.74, 6) is 0.481. The standard InChI is InChI=1S/C22H17Cl3N4O3/c1-13-3-2-4-14(7-13)10-29-12-26-22(28-29)27-21(30)19-6-5-16(32-19)11-31-20-17(24)8-15(23)9-18(20)25/h2-9,12H,10-11H2,1H3,(H,27,28,30). The van der Waals surface area contributed by atoms with Crippen LogP contribution in [-0.2, 0) is 13.2 Å². The van der Waals surface area contributed by atoms with Crippen molar-refractivity contribution in [3.63, 3.8) is 0 Å². The van der Waals surface area contributed by atoms with Gasteiger partial charge in [0.05, 0.1) is 16.6 Å². The van der Waals surface area contributed by atoms with Gasteiger partial charge in [-0.15, -0.1) is 5.10 Å². The van der Waals surface area contributed by atoms with Crippen molar-refractivity contribution in [2.45, 2.75) is 20.1 Å². The van der Waals surface area contributed by atoms with Crippen molar-refractivity contribution in [1.29, 1.82) is 0 Å². The number of halogens is 3. The van der Waals surface area contributed by atoms with Crippen molar-refractivity contribution in [2.24, 2.45) is 0 Å². The van der Waals surface area contributed by atoms with Crippen LogP contribution in [0.15, 0.2) is 59.3 Å². The number of hydrogen-bond donors (Lipinski definition) is 1. The number of nitrogens with zero attached hydrogens (tertiary/aromatic N) is 3. The van der Waals surface area contributed by atoms with E-state index in [0.29, 0.717) is 17.3 Å². The molecule has 4 aromatic rings. The number of furan rings is 1. The molecule has 0 saturated heterocycles. The zero-order chi connectivity index (χ0) is 22.7. The third-order valence-electron chi connectivity index (χ3n) is 4.40. The number of carbonyl (C=O) groups excluding carboxylic acids is 1. The van der Waals surface area contributed by atoms with Gasteiger partial charge in [-0.3, -0.25) is 10.1 Å². The molecule has 7 nitrogen and oxygen atoms in total. The quantitative estimate of drug-likeness (QED) is 0.342. The molecule has 0 aliphatic rings. The van der Waals surface area contributed by atoms with Gasteiger partial charge in [0.25, 0.3) is 5.91 Å². The summed E-state index contributed by atoms with van der Waals surface area (Å²) in [7, 11) is 0. The Morgan fingerprint density at radius 1 is 1.12 bits per heavy atom. The second kappa shape index (κ2) is 9.65. The van der Waals surface area contributed by atoms with Gasteiger partial charge in [-0.2, -0.15) is 0 Å². The minimum Gasteiger partial charge on any atom is -0.483 e. The van der Waals surface area contributed by atoms with Crippen molar-refractivity contribution in [3.05, 3.63) is 92.6 Å². The summed E-state index contributed by atoms with van der Waals surface area (Å²) in [6, 6.07) is 14.3. The van der Waals surface area contributed by atoms with Gasteiger partial charge < -0.3 is 9.15 Å². The summed E-state index contributed by atoms with van der Waals surface area (Å²) in [6.45, 7) is 2.60. The lowest BCUT2D eigenvalue weighted by Gasteiger charge is -2.09. The number of rotatable bonds is 7. The average molecular weight is 492 g/mol. The molecule has 0 unspecified atom stereocenters. The molecule has 4 rings (SSSR count). The Labute approximate surface area is 198 Å². The predicted octanol–water partition coefficient (Wildman–Crippen LogP) is 6.02. The Hall–Kier alpha value is -3.00. The number of hydrogen-bond acceptors (Lipinski definition) is 5. The number of anilines is 1. The van der Waals surface area contributed by atoms with Crippen LogP contribution in [-0.4, -0.2) is 20.7 Å².